The van der Waals surface area contributed by atoms with Gasteiger partial charge in [0.2, 0.25) is 0 Å². The number of aromatic nitrogens is 2. The first-order valence-corrected chi connectivity index (χ1v) is 6.02. The molecular formula is C12H9Cl2FN2O2. The summed E-state index contributed by atoms with van der Waals surface area (Å²) in [5, 5.41) is 8.75. The van der Waals surface area contributed by atoms with Crippen LogP contribution in [0.1, 0.15) is 11.3 Å². The number of hydrogen-bond acceptors (Lipinski definition) is 3. The summed E-state index contributed by atoms with van der Waals surface area (Å²) >= 11 is 11.3. The minimum atomic E-state index is -0.811. The van der Waals surface area contributed by atoms with Gasteiger partial charge >= 0.3 is 0 Å². The van der Waals surface area contributed by atoms with Crippen LogP contribution in [-0.2, 0) is 0 Å². The van der Waals surface area contributed by atoms with Crippen LogP contribution in [0.15, 0.2) is 17.1 Å². The van der Waals surface area contributed by atoms with Gasteiger partial charge in [0.05, 0.1) is 5.69 Å². The van der Waals surface area contributed by atoms with Gasteiger partial charge in [-0.05, 0) is 19.4 Å². The fraction of sp³-hybridized carbons (Fsp3) is 0.167. The van der Waals surface area contributed by atoms with Crippen molar-refractivity contribution in [1.29, 1.82) is 0 Å². The Morgan fingerprint density at radius 2 is 2.00 bits per heavy atom. The van der Waals surface area contributed by atoms with Gasteiger partial charge in [0.15, 0.2) is 11.0 Å². The Labute approximate surface area is 118 Å². The predicted molar refractivity (Wildman–Crippen MR) is 71.0 cm³/mol. The summed E-state index contributed by atoms with van der Waals surface area (Å²) in [7, 11) is 0. The smallest absolute Gasteiger partial charge is 0.277 e. The molecule has 2 heterocycles. The largest absolute Gasteiger partial charge is 0.506 e. The highest BCUT2D eigenvalue weighted by atomic mass is 35.5. The quantitative estimate of drug-likeness (QED) is 0.824. The maximum atomic E-state index is 14.1. The second kappa shape index (κ2) is 4.83. The van der Waals surface area contributed by atoms with E-state index in [0.717, 1.165) is 4.57 Å². The number of halogens is 3. The van der Waals surface area contributed by atoms with Gasteiger partial charge in [-0.15, -0.1) is 0 Å². The summed E-state index contributed by atoms with van der Waals surface area (Å²) in [6.45, 7) is 3.14. The van der Waals surface area contributed by atoms with E-state index in [1.807, 2.05) is 0 Å². The Balaban J connectivity index is 2.92. The Morgan fingerprint density at radius 1 is 1.37 bits per heavy atom. The summed E-state index contributed by atoms with van der Waals surface area (Å²) in [6, 6.07) is 1.27. The Hall–Kier alpha value is -1.59. The molecule has 19 heavy (non-hydrogen) atoms. The van der Waals surface area contributed by atoms with Gasteiger partial charge in [-0.25, -0.2) is 9.37 Å². The van der Waals surface area contributed by atoms with Crippen LogP contribution < -0.4 is 5.56 Å². The SMILES string of the molecule is Cc1cnc(Cl)c(F)c1-n1c(C)cc(O)c(Cl)c1=O. The summed E-state index contributed by atoms with van der Waals surface area (Å²) < 4.78 is 15.1. The molecule has 0 amide bonds. The van der Waals surface area contributed by atoms with Crippen molar-refractivity contribution in [1.82, 2.24) is 9.55 Å². The second-order valence-electron chi connectivity index (χ2n) is 4.02. The van der Waals surface area contributed by atoms with E-state index < -0.39 is 11.4 Å². The van der Waals surface area contributed by atoms with Crippen LogP contribution in [0, 0.1) is 19.7 Å². The molecule has 2 aromatic heterocycles. The van der Waals surface area contributed by atoms with Crippen molar-refractivity contribution in [2.75, 3.05) is 0 Å². The van der Waals surface area contributed by atoms with Crippen molar-refractivity contribution in [2.24, 2.45) is 0 Å². The van der Waals surface area contributed by atoms with Crippen LogP contribution in [-0.4, -0.2) is 14.7 Å². The first-order valence-electron chi connectivity index (χ1n) is 5.26. The summed E-state index contributed by atoms with van der Waals surface area (Å²) in [6.07, 6.45) is 1.35. The monoisotopic (exact) mass is 302 g/mol. The zero-order chi connectivity index (χ0) is 14.3. The minimum Gasteiger partial charge on any atom is -0.506 e. The van der Waals surface area contributed by atoms with E-state index in [9.17, 15) is 14.3 Å². The average molecular weight is 303 g/mol. The highest BCUT2D eigenvalue weighted by molar-refractivity contribution is 6.31. The molecule has 2 aromatic rings. The molecule has 0 aliphatic carbocycles. The molecule has 0 saturated heterocycles. The number of hydrogen-bond donors (Lipinski definition) is 1. The van der Waals surface area contributed by atoms with Gasteiger partial charge in [0, 0.05) is 18.0 Å². The van der Waals surface area contributed by atoms with Crippen LogP contribution in [0.25, 0.3) is 5.69 Å². The molecule has 1 N–H and O–H groups in total. The van der Waals surface area contributed by atoms with Gasteiger partial charge < -0.3 is 5.11 Å². The van der Waals surface area contributed by atoms with Gasteiger partial charge in [0.25, 0.3) is 5.56 Å². The van der Waals surface area contributed by atoms with E-state index >= 15 is 0 Å². The molecule has 0 aromatic carbocycles. The molecule has 0 spiro atoms. The lowest BCUT2D eigenvalue weighted by molar-refractivity contribution is 0.472. The van der Waals surface area contributed by atoms with E-state index in [1.165, 1.54) is 12.3 Å². The maximum Gasteiger partial charge on any atom is 0.277 e. The molecular weight excluding hydrogens is 294 g/mol. The zero-order valence-corrected chi connectivity index (χ0v) is 11.6. The van der Waals surface area contributed by atoms with Crippen molar-refractivity contribution in [3.63, 3.8) is 0 Å². The Bertz CT molecular complexity index is 729. The van der Waals surface area contributed by atoms with E-state index in [1.54, 1.807) is 13.8 Å². The minimum absolute atomic E-state index is 0.0237. The summed E-state index contributed by atoms with van der Waals surface area (Å²) in [5.41, 5.74) is 0.0119. The second-order valence-corrected chi connectivity index (χ2v) is 4.76. The molecule has 100 valence electrons. The molecule has 0 fully saturated rings. The molecule has 0 aliphatic heterocycles. The topological polar surface area (TPSA) is 55.1 Å². The number of nitrogens with zero attached hydrogens (tertiary/aromatic N) is 2. The van der Waals surface area contributed by atoms with E-state index in [0.29, 0.717) is 11.3 Å². The number of aryl methyl sites for hydroxylation is 2. The standard InChI is InChI=1S/C12H9Cl2FN2O2/c1-5-4-16-11(14)9(15)10(5)17-6(2)3-7(18)8(13)12(17)19/h3-4,18H,1-2H3. The van der Waals surface area contributed by atoms with Crippen LogP contribution in [0.5, 0.6) is 5.75 Å². The highest BCUT2D eigenvalue weighted by Gasteiger charge is 2.19. The number of pyridine rings is 2. The normalized spacial score (nSPS) is 10.8. The van der Waals surface area contributed by atoms with E-state index in [4.69, 9.17) is 23.2 Å². The Morgan fingerprint density at radius 3 is 2.63 bits per heavy atom. The van der Waals surface area contributed by atoms with Crippen LogP contribution in [0.4, 0.5) is 4.39 Å². The average Bonchev–Trinajstić information content (AvgIpc) is 2.35. The van der Waals surface area contributed by atoms with E-state index in [2.05, 4.69) is 4.98 Å². The molecule has 0 radical (unpaired) electrons. The van der Waals surface area contributed by atoms with Gasteiger partial charge in [-0.3, -0.25) is 9.36 Å². The zero-order valence-electron chi connectivity index (χ0n) is 10.0. The third-order valence-electron chi connectivity index (χ3n) is 2.67. The maximum absolute atomic E-state index is 14.1. The van der Waals surface area contributed by atoms with Crippen LogP contribution in [0.3, 0.4) is 0 Å². The number of rotatable bonds is 1. The first-order chi connectivity index (χ1) is 8.84. The number of aromatic hydroxyl groups is 1. The van der Waals surface area contributed by atoms with Crippen LogP contribution in [0.2, 0.25) is 10.2 Å². The third kappa shape index (κ3) is 2.19. The van der Waals surface area contributed by atoms with Crippen molar-refractivity contribution in [2.45, 2.75) is 13.8 Å². The summed E-state index contributed by atoms with van der Waals surface area (Å²) in [5.74, 6) is -1.16. The first kappa shape index (κ1) is 13.8. The van der Waals surface area contributed by atoms with Gasteiger partial charge in [-0.1, -0.05) is 23.2 Å². The lowest BCUT2D eigenvalue weighted by Gasteiger charge is -2.14. The predicted octanol–water partition coefficient (Wildman–Crippen LogP) is 3.00. The molecule has 2 rings (SSSR count). The highest BCUT2D eigenvalue weighted by Crippen LogP contribution is 2.26. The van der Waals surface area contributed by atoms with E-state index in [-0.39, 0.29) is 21.6 Å². The molecule has 0 atom stereocenters. The molecule has 0 saturated carbocycles. The van der Waals surface area contributed by atoms with Gasteiger partial charge in [-0.2, -0.15) is 0 Å². The van der Waals surface area contributed by atoms with Gasteiger partial charge in [0.1, 0.15) is 10.8 Å². The van der Waals surface area contributed by atoms with Crippen molar-refractivity contribution < 1.29 is 9.50 Å². The molecule has 4 nitrogen and oxygen atoms in total. The third-order valence-corrected chi connectivity index (χ3v) is 3.29. The molecule has 0 unspecified atom stereocenters. The van der Waals surface area contributed by atoms with Crippen LogP contribution >= 0.6 is 23.2 Å². The van der Waals surface area contributed by atoms with Crippen molar-refractivity contribution in [3.05, 3.63) is 49.9 Å². The lowest BCUT2D eigenvalue weighted by Crippen LogP contribution is -2.23. The molecule has 7 heteroatoms. The fourth-order valence-electron chi connectivity index (χ4n) is 1.79. The van der Waals surface area contributed by atoms with Crippen molar-refractivity contribution >= 4 is 23.2 Å². The molecule has 0 bridgehead atoms. The molecule has 0 aliphatic rings. The fourth-order valence-corrected chi connectivity index (χ4v) is 2.07. The Kier molecular flexibility index (Phi) is 3.52. The summed E-state index contributed by atoms with van der Waals surface area (Å²) in [4.78, 5) is 15.7. The lowest BCUT2D eigenvalue weighted by atomic mass is 10.2. The van der Waals surface area contributed by atoms with Crippen molar-refractivity contribution in [3.8, 4) is 11.4 Å².